The highest BCUT2D eigenvalue weighted by Crippen LogP contribution is 2.29. The number of ether oxygens (including phenoxy) is 1. The molecule has 6 nitrogen and oxygen atoms in total. The zero-order chi connectivity index (χ0) is 15.4. The van der Waals surface area contributed by atoms with Crippen molar-refractivity contribution in [1.82, 2.24) is 0 Å². The van der Waals surface area contributed by atoms with Gasteiger partial charge >= 0.3 is 0 Å². The number of methoxy groups -OCH3 is 1. The Morgan fingerprint density at radius 1 is 1.33 bits per heavy atom. The number of aliphatic imine (C=N–C) groups is 1. The third-order valence-corrected chi connectivity index (χ3v) is 3.03. The Balaban J connectivity index is 2.33. The van der Waals surface area contributed by atoms with Gasteiger partial charge in [-0.25, -0.2) is 0 Å². The fourth-order valence-corrected chi connectivity index (χ4v) is 1.81. The van der Waals surface area contributed by atoms with E-state index >= 15 is 0 Å². The molecule has 7 heteroatoms. The maximum atomic E-state index is 10.8. The van der Waals surface area contributed by atoms with Gasteiger partial charge in [-0.05, 0) is 30.3 Å². The molecule has 2 aromatic carbocycles. The van der Waals surface area contributed by atoms with Crippen molar-refractivity contribution >= 4 is 29.2 Å². The molecule has 0 amide bonds. The second kappa shape index (κ2) is 6.23. The van der Waals surface area contributed by atoms with Crippen molar-refractivity contribution in [3.8, 4) is 11.5 Å². The summed E-state index contributed by atoms with van der Waals surface area (Å²) in [6.07, 6.45) is 1.39. The van der Waals surface area contributed by atoms with E-state index in [9.17, 15) is 15.2 Å². The van der Waals surface area contributed by atoms with E-state index in [1.54, 1.807) is 18.2 Å². The predicted molar refractivity (Wildman–Crippen MR) is 80.0 cm³/mol. The number of hydrogen-bond acceptors (Lipinski definition) is 5. The maximum absolute atomic E-state index is 10.8. The molecule has 2 rings (SSSR count). The molecule has 0 saturated carbocycles. The van der Waals surface area contributed by atoms with Crippen LogP contribution in [0.3, 0.4) is 0 Å². The lowest BCUT2D eigenvalue weighted by atomic mass is 10.2. The molecule has 108 valence electrons. The van der Waals surface area contributed by atoms with Gasteiger partial charge in [0.15, 0.2) is 0 Å². The maximum Gasteiger partial charge on any atom is 0.290 e. The van der Waals surface area contributed by atoms with Crippen LogP contribution in [0.2, 0.25) is 5.02 Å². The third kappa shape index (κ3) is 3.49. The lowest BCUT2D eigenvalue weighted by Crippen LogP contribution is -1.89. The van der Waals surface area contributed by atoms with Crippen molar-refractivity contribution in [2.45, 2.75) is 0 Å². The lowest BCUT2D eigenvalue weighted by molar-refractivity contribution is -0.384. The van der Waals surface area contributed by atoms with Crippen molar-refractivity contribution in [2.24, 2.45) is 4.99 Å². The first-order valence-electron chi connectivity index (χ1n) is 5.86. The van der Waals surface area contributed by atoms with E-state index in [0.29, 0.717) is 17.0 Å². The van der Waals surface area contributed by atoms with Crippen LogP contribution in [-0.4, -0.2) is 23.4 Å². The summed E-state index contributed by atoms with van der Waals surface area (Å²) in [5.74, 6) is 0.597. The average molecular weight is 307 g/mol. The molecule has 1 N–H and O–H groups in total. The number of phenols is 1. The van der Waals surface area contributed by atoms with Crippen molar-refractivity contribution in [2.75, 3.05) is 7.11 Å². The molecular weight excluding hydrogens is 296 g/mol. The Morgan fingerprint density at radius 2 is 2.10 bits per heavy atom. The molecular formula is C14H11ClN2O4. The third-order valence-electron chi connectivity index (χ3n) is 2.71. The Bertz CT molecular complexity index is 716. The van der Waals surface area contributed by atoms with E-state index < -0.39 is 4.92 Å². The van der Waals surface area contributed by atoms with E-state index in [1.807, 2.05) is 0 Å². The number of benzene rings is 2. The minimum atomic E-state index is -0.579. The number of nitro benzene ring substituents is 1. The van der Waals surface area contributed by atoms with Crippen LogP contribution in [0.4, 0.5) is 11.4 Å². The monoisotopic (exact) mass is 306 g/mol. The number of rotatable bonds is 4. The summed E-state index contributed by atoms with van der Waals surface area (Å²) in [5.41, 5.74) is 0.571. The Morgan fingerprint density at radius 3 is 2.76 bits per heavy atom. The SMILES string of the molecule is COc1ccc(O)c(C=Nc2ccc(Cl)c([N+](=O)[O-])c2)c1. The number of aromatic hydroxyl groups is 1. The predicted octanol–water partition coefficient (Wildman–Crippen LogP) is 3.71. The molecule has 0 unspecified atom stereocenters. The molecule has 0 radical (unpaired) electrons. The topological polar surface area (TPSA) is 85.0 Å². The number of hydrogen-bond donors (Lipinski definition) is 1. The molecule has 21 heavy (non-hydrogen) atoms. The van der Waals surface area contributed by atoms with Crippen LogP contribution < -0.4 is 4.74 Å². The van der Waals surface area contributed by atoms with Crippen LogP contribution >= 0.6 is 11.6 Å². The molecule has 0 aromatic heterocycles. The molecule has 0 fully saturated rings. The first-order valence-corrected chi connectivity index (χ1v) is 6.24. The fraction of sp³-hybridized carbons (Fsp3) is 0.0714. The van der Waals surface area contributed by atoms with Crippen molar-refractivity contribution in [3.05, 3.63) is 57.1 Å². The van der Waals surface area contributed by atoms with Crippen LogP contribution in [0.15, 0.2) is 41.4 Å². The normalized spacial score (nSPS) is 10.8. The zero-order valence-corrected chi connectivity index (χ0v) is 11.7. The van der Waals surface area contributed by atoms with Crippen molar-refractivity contribution in [3.63, 3.8) is 0 Å². The first kappa shape index (κ1) is 14.8. The van der Waals surface area contributed by atoms with Crippen LogP contribution in [0.25, 0.3) is 0 Å². The lowest BCUT2D eigenvalue weighted by Gasteiger charge is -2.03. The van der Waals surface area contributed by atoms with E-state index in [1.165, 1.54) is 31.5 Å². The zero-order valence-electron chi connectivity index (χ0n) is 11.0. The van der Waals surface area contributed by atoms with Gasteiger partial charge in [0, 0.05) is 17.8 Å². The summed E-state index contributed by atoms with van der Waals surface area (Å²) in [6.45, 7) is 0. The highest BCUT2D eigenvalue weighted by Gasteiger charge is 2.12. The molecule has 0 spiro atoms. The summed E-state index contributed by atoms with van der Waals surface area (Å²) in [7, 11) is 1.51. The Kier molecular flexibility index (Phi) is 4.39. The van der Waals surface area contributed by atoms with E-state index in [-0.39, 0.29) is 16.5 Å². The second-order valence-electron chi connectivity index (χ2n) is 4.08. The van der Waals surface area contributed by atoms with Crippen LogP contribution in [0.1, 0.15) is 5.56 Å². The van der Waals surface area contributed by atoms with Gasteiger partial charge in [0.2, 0.25) is 0 Å². The summed E-state index contributed by atoms with van der Waals surface area (Å²) in [5, 5.41) is 20.6. The van der Waals surface area contributed by atoms with Crippen LogP contribution in [0.5, 0.6) is 11.5 Å². The minimum Gasteiger partial charge on any atom is -0.507 e. The molecule has 0 aliphatic heterocycles. The summed E-state index contributed by atoms with van der Waals surface area (Å²) in [4.78, 5) is 14.3. The minimum absolute atomic E-state index is 0.0306. The molecule has 2 aromatic rings. The second-order valence-corrected chi connectivity index (χ2v) is 4.48. The fourth-order valence-electron chi connectivity index (χ4n) is 1.63. The van der Waals surface area contributed by atoms with E-state index in [0.717, 1.165) is 0 Å². The Hall–Kier alpha value is -2.60. The van der Waals surface area contributed by atoms with Gasteiger partial charge in [0.05, 0.1) is 17.7 Å². The summed E-state index contributed by atoms with van der Waals surface area (Å²) >= 11 is 5.72. The van der Waals surface area contributed by atoms with Crippen molar-refractivity contribution < 1.29 is 14.8 Å². The molecule has 0 aliphatic carbocycles. The smallest absolute Gasteiger partial charge is 0.290 e. The first-order chi connectivity index (χ1) is 10.0. The quantitative estimate of drug-likeness (QED) is 0.530. The summed E-state index contributed by atoms with van der Waals surface area (Å²) < 4.78 is 5.05. The number of nitrogens with zero attached hydrogens (tertiary/aromatic N) is 2. The van der Waals surface area contributed by atoms with Crippen LogP contribution in [0, 0.1) is 10.1 Å². The van der Waals surface area contributed by atoms with Gasteiger partial charge in [-0.3, -0.25) is 15.1 Å². The van der Waals surface area contributed by atoms with Gasteiger partial charge in [-0.1, -0.05) is 11.6 Å². The van der Waals surface area contributed by atoms with Gasteiger partial charge < -0.3 is 9.84 Å². The summed E-state index contributed by atoms with van der Waals surface area (Å²) in [6, 6.07) is 8.89. The van der Waals surface area contributed by atoms with Crippen LogP contribution in [-0.2, 0) is 0 Å². The van der Waals surface area contributed by atoms with E-state index in [4.69, 9.17) is 16.3 Å². The van der Waals surface area contributed by atoms with E-state index in [2.05, 4.69) is 4.99 Å². The molecule has 0 bridgehead atoms. The number of nitro groups is 1. The molecule has 0 atom stereocenters. The van der Waals surface area contributed by atoms with Crippen molar-refractivity contribution in [1.29, 1.82) is 0 Å². The molecule has 0 saturated heterocycles. The number of halogens is 1. The highest BCUT2D eigenvalue weighted by atomic mass is 35.5. The molecule has 0 heterocycles. The largest absolute Gasteiger partial charge is 0.507 e. The Labute approximate surface area is 125 Å². The average Bonchev–Trinajstić information content (AvgIpc) is 2.47. The van der Waals surface area contributed by atoms with Gasteiger partial charge in [-0.2, -0.15) is 0 Å². The van der Waals surface area contributed by atoms with Gasteiger partial charge in [0.25, 0.3) is 5.69 Å². The highest BCUT2D eigenvalue weighted by molar-refractivity contribution is 6.32. The van der Waals surface area contributed by atoms with Gasteiger partial charge in [-0.15, -0.1) is 0 Å². The molecule has 0 aliphatic rings. The van der Waals surface area contributed by atoms with Gasteiger partial charge in [0.1, 0.15) is 16.5 Å². The number of phenolic OH excluding ortho intramolecular Hbond substituents is 1. The standard InChI is InChI=1S/C14H11ClN2O4/c1-21-11-3-5-14(18)9(6-11)8-16-10-2-4-12(15)13(7-10)17(19)20/h2-8,18H,1H3.